The molecule has 0 spiro atoms. The van der Waals surface area contributed by atoms with E-state index in [9.17, 15) is 4.79 Å². The second kappa shape index (κ2) is 8.26. The van der Waals surface area contributed by atoms with E-state index < -0.39 is 0 Å². The maximum Gasteiger partial charge on any atom is 0.253 e. The Hall–Kier alpha value is -2.81. The number of morpholine rings is 1. The monoisotopic (exact) mass is 369 g/mol. The van der Waals surface area contributed by atoms with Gasteiger partial charge < -0.3 is 19.9 Å². The van der Waals surface area contributed by atoms with Crippen molar-refractivity contribution in [3.05, 3.63) is 35.9 Å². The summed E-state index contributed by atoms with van der Waals surface area (Å²) in [5, 5.41) is 2.87. The quantitative estimate of drug-likeness (QED) is 0.820. The molecule has 1 N–H and O–H groups in total. The van der Waals surface area contributed by atoms with Gasteiger partial charge in [-0.3, -0.25) is 9.78 Å². The lowest BCUT2D eigenvalue weighted by Gasteiger charge is -2.28. The molecule has 27 heavy (non-hydrogen) atoms. The summed E-state index contributed by atoms with van der Waals surface area (Å²) in [6.45, 7) is 4.99. The Kier molecular flexibility index (Phi) is 5.38. The molecule has 0 radical (unpaired) electrons. The largest absolute Gasteiger partial charge is 0.378 e. The number of anilines is 2. The number of hydrogen-bond acceptors (Lipinski definition) is 8. The molecular weight excluding hydrogens is 346 g/mol. The molecule has 4 heterocycles. The Morgan fingerprint density at radius 3 is 2.41 bits per heavy atom. The van der Waals surface area contributed by atoms with Gasteiger partial charge >= 0.3 is 0 Å². The van der Waals surface area contributed by atoms with E-state index in [1.165, 1.54) is 6.20 Å². The van der Waals surface area contributed by atoms with Gasteiger partial charge in [0.05, 0.1) is 25.3 Å². The highest BCUT2D eigenvalue weighted by Crippen LogP contribution is 2.19. The summed E-state index contributed by atoms with van der Waals surface area (Å²) < 4.78 is 5.42. The molecule has 0 unspecified atom stereocenters. The minimum Gasteiger partial charge on any atom is -0.378 e. The summed E-state index contributed by atoms with van der Waals surface area (Å²) in [6.07, 6.45) is 5.47. The van der Waals surface area contributed by atoms with Crippen LogP contribution >= 0.6 is 0 Å². The lowest BCUT2D eigenvalue weighted by Crippen LogP contribution is -2.38. The molecule has 2 saturated heterocycles. The average Bonchev–Trinajstić information content (AvgIpc) is 3.28. The standard InChI is InChI=1S/C18H23N7O2/c26-16(14-4-3-5-19-12-14)20-13-15-21-17(24-6-1-2-7-24)23-18(22-15)25-8-10-27-11-9-25/h3-5,12H,1-2,6-11,13H2,(H,20,26). The first-order chi connectivity index (χ1) is 13.3. The number of nitrogens with zero attached hydrogens (tertiary/aromatic N) is 6. The van der Waals surface area contributed by atoms with Crippen LogP contribution < -0.4 is 15.1 Å². The fraction of sp³-hybridized carbons (Fsp3) is 0.500. The molecule has 2 fully saturated rings. The van der Waals surface area contributed by atoms with Gasteiger partial charge in [0.2, 0.25) is 11.9 Å². The van der Waals surface area contributed by atoms with Crippen molar-refractivity contribution < 1.29 is 9.53 Å². The van der Waals surface area contributed by atoms with E-state index in [0.29, 0.717) is 36.5 Å². The zero-order chi connectivity index (χ0) is 18.5. The van der Waals surface area contributed by atoms with Crippen LogP contribution in [0.2, 0.25) is 0 Å². The van der Waals surface area contributed by atoms with Crippen LogP contribution in [0.15, 0.2) is 24.5 Å². The number of rotatable bonds is 5. The van der Waals surface area contributed by atoms with Gasteiger partial charge in [0.25, 0.3) is 5.91 Å². The number of carbonyl (C=O) groups is 1. The Morgan fingerprint density at radius 1 is 1.04 bits per heavy atom. The molecule has 0 saturated carbocycles. The van der Waals surface area contributed by atoms with Crippen LogP contribution in [0, 0.1) is 0 Å². The Bertz CT molecular complexity index is 775. The van der Waals surface area contributed by atoms with Gasteiger partial charge in [0, 0.05) is 38.6 Å². The first-order valence-corrected chi connectivity index (χ1v) is 9.30. The van der Waals surface area contributed by atoms with Gasteiger partial charge in [0.15, 0.2) is 5.82 Å². The lowest BCUT2D eigenvalue weighted by molar-refractivity contribution is 0.0949. The molecular formula is C18H23N7O2. The molecule has 0 aliphatic carbocycles. The van der Waals surface area contributed by atoms with Crippen molar-refractivity contribution in [2.24, 2.45) is 0 Å². The number of nitrogens with one attached hydrogen (secondary N) is 1. The molecule has 4 rings (SSSR count). The first kappa shape index (κ1) is 17.6. The third kappa shape index (κ3) is 4.30. The molecule has 9 nitrogen and oxygen atoms in total. The number of hydrogen-bond donors (Lipinski definition) is 1. The third-order valence-corrected chi connectivity index (χ3v) is 4.67. The van der Waals surface area contributed by atoms with Crippen LogP contribution in [-0.2, 0) is 11.3 Å². The van der Waals surface area contributed by atoms with Gasteiger partial charge in [-0.05, 0) is 25.0 Å². The van der Waals surface area contributed by atoms with Crippen LogP contribution in [0.5, 0.6) is 0 Å². The zero-order valence-corrected chi connectivity index (χ0v) is 15.2. The van der Waals surface area contributed by atoms with E-state index in [0.717, 1.165) is 39.0 Å². The third-order valence-electron chi connectivity index (χ3n) is 4.67. The van der Waals surface area contributed by atoms with E-state index in [1.54, 1.807) is 18.3 Å². The van der Waals surface area contributed by atoms with Gasteiger partial charge in [-0.2, -0.15) is 15.0 Å². The molecule has 0 aromatic carbocycles. The van der Waals surface area contributed by atoms with Crippen molar-refractivity contribution >= 4 is 17.8 Å². The number of aromatic nitrogens is 4. The Balaban J connectivity index is 1.53. The van der Waals surface area contributed by atoms with Crippen molar-refractivity contribution in [3.63, 3.8) is 0 Å². The number of ether oxygens (including phenoxy) is 1. The molecule has 0 atom stereocenters. The van der Waals surface area contributed by atoms with Gasteiger partial charge in [-0.15, -0.1) is 0 Å². The minimum atomic E-state index is -0.195. The van der Waals surface area contributed by atoms with Crippen molar-refractivity contribution in [3.8, 4) is 0 Å². The van der Waals surface area contributed by atoms with Crippen LogP contribution in [0.25, 0.3) is 0 Å². The summed E-state index contributed by atoms with van der Waals surface area (Å²) in [5.74, 6) is 1.71. The number of amides is 1. The predicted octanol–water partition coefficient (Wildman–Crippen LogP) is 0.633. The van der Waals surface area contributed by atoms with Crippen LogP contribution in [0.4, 0.5) is 11.9 Å². The van der Waals surface area contributed by atoms with Crippen molar-refractivity contribution in [2.75, 3.05) is 49.2 Å². The smallest absolute Gasteiger partial charge is 0.253 e. The maximum absolute atomic E-state index is 12.3. The Morgan fingerprint density at radius 2 is 1.74 bits per heavy atom. The summed E-state index contributed by atoms with van der Waals surface area (Å²) in [4.78, 5) is 34.4. The lowest BCUT2D eigenvalue weighted by atomic mass is 10.3. The molecule has 1 amide bonds. The zero-order valence-electron chi connectivity index (χ0n) is 15.2. The molecule has 2 aromatic heterocycles. The molecule has 9 heteroatoms. The molecule has 0 bridgehead atoms. The second-order valence-corrected chi connectivity index (χ2v) is 6.57. The summed E-state index contributed by atoms with van der Waals surface area (Å²) >= 11 is 0. The van der Waals surface area contributed by atoms with Crippen molar-refractivity contribution in [1.29, 1.82) is 0 Å². The minimum absolute atomic E-state index is 0.195. The van der Waals surface area contributed by atoms with E-state index in [-0.39, 0.29) is 12.5 Å². The van der Waals surface area contributed by atoms with E-state index in [2.05, 4.69) is 35.1 Å². The average molecular weight is 369 g/mol. The topological polar surface area (TPSA) is 96.4 Å². The number of pyridine rings is 1. The van der Waals surface area contributed by atoms with Gasteiger partial charge in [-0.1, -0.05) is 0 Å². The molecule has 2 aliphatic heterocycles. The van der Waals surface area contributed by atoms with E-state index >= 15 is 0 Å². The van der Waals surface area contributed by atoms with Crippen LogP contribution in [0.1, 0.15) is 29.0 Å². The summed E-state index contributed by atoms with van der Waals surface area (Å²) in [7, 11) is 0. The first-order valence-electron chi connectivity index (χ1n) is 9.30. The van der Waals surface area contributed by atoms with E-state index in [4.69, 9.17) is 4.74 Å². The van der Waals surface area contributed by atoms with Crippen LogP contribution in [0.3, 0.4) is 0 Å². The second-order valence-electron chi connectivity index (χ2n) is 6.57. The van der Waals surface area contributed by atoms with Gasteiger partial charge in [-0.25, -0.2) is 0 Å². The normalized spacial score (nSPS) is 17.2. The highest BCUT2D eigenvalue weighted by Gasteiger charge is 2.21. The summed E-state index contributed by atoms with van der Waals surface area (Å²) in [5.41, 5.74) is 0.514. The highest BCUT2D eigenvalue weighted by molar-refractivity contribution is 5.93. The van der Waals surface area contributed by atoms with Crippen LogP contribution in [-0.4, -0.2) is 65.2 Å². The Labute approximate surface area is 157 Å². The van der Waals surface area contributed by atoms with Crippen molar-refractivity contribution in [1.82, 2.24) is 25.3 Å². The molecule has 2 aromatic rings. The summed E-state index contributed by atoms with van der Waals surface area (Å²) in [6, 6.07) is 3.46. The molecule has 142 valence electrons. The van der Waals surface area contributed by atoms with Crippen molar-refractivity contribution in [2.45, 2.75) is 19.4 Å². The maximum atomic E-state index is 12.3. The fourth-order valence-corrected chi connectivity index (χ4v) is 3.20. The number of carbonyl (C=O) groups excluding carboxylic acids is 1. The molecule has 2 aliphatic rings. The van der Waals surface area contributed by atoms with E-state index in [1.807, 2.05) is 0 Å². The predicted molar refractivity (Wildman–Crippen MR) is 99.7 cm³/mol. The van der Waals surface area contributed by atoms with Gasteiger partial charge in [0.1, 0.15) is 0 Å². The SMILES string of the molecule is O=C(NCc1nc(N2CCCC2)nc(N2CCOCC2)n1)c1cccnc1. The highest BCUT2D eigenvalue weighted by atomic mass is 16.5. The fourth-order valence-electron chi connectivity index (χ4n) is 3.20.